The lowest BCUT2D eigenvalue weighted by Gasteiger charge is -1.93. The van der Waals surface area contributed by atoms with Gasteiger partial charge in [-0.2, -0.15) is 0 Å². The molecule has 0 fully saturated rings. The molecule has 0 bridgehead atoms. The van der Waals surface area contributed by atoms with E-state index in [0.717, 1.165) is 0 Å². The highest BCUT2D eigenvalue weighted by Crippen LogP contribution is 1.99. The molecular formula is C10H16. The highest BCUT2D eigenvalue weighted by atomic mass is 13.9. The normalized spacial score (nSPS) is 11.2. The van der Waals surface area contributed by atoms with Crippen molar-refractivity contribution in [2.75, 3.05) is 0 Å². The van der Waals surface area contributed by atoms with E-state index in [9.17, 15) is 0 Å². The molecule has 0 aromatic carbocycles. The van der Waals surface area contributed by atoms with Crippen LogP contribution in [0.2, 0.25) is 0 Å². The van der Waals surface area contributed by atoms with Crippen molar-refractivity contribution >= 4 is 0 Å². The molecule has 0 amide bonds. The van der Waals surface area contributed by atoms with E-state index >= 15 is 0 Å². The minimum atomic E-state index is 0.631. The van der Waals surface area contributed by atoms with Crippen molar-refractivity contribution in [3.63, 3.8) is 0 Å². The monoisotopic (exact) mass is 136 g/mol. The van der Waals surface area contributed by atoms with Crippen LogP contribution < -0.4 is 0 Å². The molecule has 0 aliphatic heterocycles. The molecule has 0 aliphatic carbocycles. The summed E-state index contributed by atoms with van der Waals surface area (Å²) >= 11 is 0. The summed E-state index contributed by atoms with van der Waals surface area (Å²) in [5.41, 5.74) is 7.23. The summed E-state index contributed by atoms with van der Waals surface area (Å²) in [5, 5.41) is 0. The number of allylic oxidation sites excluding steroid dienone is 2. The molecular weight excluding hydrogens is 120 g/mol. The Labute approximate surface area is 64.0 Å². The molecule has 0 spiro atoms. The molecule has 0 N–H and O–H groups in total. The summed E-state index contributed by atoms with van der Waals surface area (Å²) in [7, 11) is 0. The Balaban J connectivity index is 4.11. The summed E-state index contributed by atoms with van der Waals surface area (Å²) in [4.78, 5) is 0. The lowest BCUT2D eigenvalue weighted by molar-refractivity contribution is 0.699. The SMILES string of the molecule is CCC(C)C=C=C=C(C)C. The summed E-state index contributed by atoms with van der Waals surface area (Å²) in [6.45, 7) is 8.40. The highest BCUT2D eigenvalue weighted by molar-refractivity contribution is 4.95. The summed E-state index contributed by atoms with van der Waals surface area (Å²) in [6.07, 6.45) is 3.24. The molecule has 10 heavy (non-hydrogen) atoms. The summed E-state index contributed by atoms with van der Waals surface area (Å²) in [6, 6.07) is 0. The van der Waals surface area contributed by atoms with Gasteiger partial charge in [0.05, 0.1) is 0 Å². The zero-order chi connectivity index (χ0) is 7.98. The first-order valence-electron chi connectivity index (χ1n) is 3.81. The summed E-state index contributed by atoms with van der Waals surface area (Å²) in [5.74, 6) is 0.631. The fourth-order valence-electron chi connectivity index (χ4n) is 0.446. The Kier molecular flexibility index (Phi) is 4.76. The van der Waals surface area contributed by atoms with Crippen molar-refractivity contribution in [2.45, 2.75) is 34.1 Å². The van der Waals surface area contributed by atoms with E-state index in [1.54, 1.807) is 0 Å². The molecule has 0 nitrogen and oxygen atoms in total. The quantitative estimate of drug-likeness (QED) is 0.511. The summed E-state index contributed by atoms with van der Waals surface area (Å²) < 4.78 is 0. The van der Waals surface area contributed by atoms with Gasteiger partial charge in [0.25, 0.3) is 0 Å². The van der Waals surface area contributed by atoms with Gasteiger partial charge in [-0.1, -0.05) is 25.3 Å². The van der Waals surface area contributed by atoms with Crippen molar-refractivity contribution in [1.29, 1.82) is 0 Å². The highest BCUT2D eigenvalue weighted by Gasteiger charge is 1.86. The largest absolute Gasteiger partial charge is 0.0744 e. The van der Waals surface area contributed by atoms with Crippen LogP contribution in [-0.4, -0.2) is 0 Å². The van der Waals surface area contributed by atoms with E-state index in [1.165, 1.54) is 12.0 Å². The molecule has 1 atom stereocenters. The molecule has 0 aliphatic rings. The molecule has 0 saturated carbocycles. The van der Waals surface area contributed by atoms with Crippen LogP contribution in [0.1, 0.15) is 34.1 Å². The average Bonchev–Trinajstić information content (AvgIpc) is 1.87. The second-order valence-corrected chi connectivity index (χ2v) is 2.82. The van der Waals surface area contributed by atoms with E-state index in [0.29, 0.717) is 5.92 Å². The zero-order valence-corrected chi connectivity index (χ0v) is 7.36. The molecule has 0 saturated heterocycles. The van der Waals surface area contributed by atoms with E-state index in [-0.39, 0.29) is 0 Å². The predicted molar refractivity (Wildman–Crippen MR) is 45.9 cm³/mol. The maximum absolute atomic E-state index is 3.02. The van der Waals surface area contributed by atoms with Gasteiger partial charge in [0.15, 0.2) is 0 Å². The molecule has 56 valence electrons. The lowest BCUT2D eigenvalue weighted by Crippen LogP contribution is -1.81. The molecule has 0 aromatic rings. The smallest absolute Gasteiger partial charge is 0.0182 e. The third kappa shape index (κ3) is 5.44. The van der Waals surface area contributed by atoms with Gasteiger partial charge in [0.1, 0.15) is 0 Å². The van der Waals surface area contributed by atoms with Gasteiger partial charge in [0, 0.05) is 0 Å². The Morgan fingerprint density at radius 3 is 2.50 bits per heavy atom. The Bertz CT molecular complexity index is 170. The minimum Gasteiger partial charge on any atom is -0.0744 e. The van der Waals surface area contributed by atoms with Crippen LogP contribution in [0.3, 0.4) is 0 Å². The lowest BCUT2D eigenvalue weighted by atomic mass is 10.1. The third-order valence-electron chi connectivity index (χ3n) is 1.33. The van der Waals surface area contributed by atoms with Crippen LogP contribution in [-0.2, 0) is 0 Å². The Morgan fingerprint density at radius 2 is 2.10 bits per heavy atom. The maximum atomic E-state index is 3.02. The number of rotatable bonds is 2. The standard InChI is InChI=1S/C10H16/c1-5-10(4)8-6-7-9(2)3/h8,10H,5H2,1-4H3. The van der Waals surface area contributed by atoms with Gasteiger partial charge in [-0.15, -0.1) is 0 Å². The third-order valence-corrected chi connectivity index (χ3v) is 1.33. The van der Waals surface area contributed by atoms with Crippen molar-refractivity contribution in [2.24, 2.45) is 5.92 Å². The van der Waals surface area contributed by atoms with Gasteiger partial charge in [-0.25, -0.2) is 0 Å². The van der Waals surface area contributed by atoms with E-state index < -0.39 is 0 Å². The van der Waals surface area contributed by atoms with E-state index in [4.69, 9.17) is 0 Å². The van der Waals surface area contributed by atoms with Crippen LogP contribution >= 0.6 is 0 Å². The first-order chi connectivity index (χ1) is 4.66. The average molecular weight is 136 g/mol. The first kappa shape index (κ1) is 9.30. The fourth-order valence-corrected chi connectivity index (χ4v) is 0.446. The van der Waals surface area contributed by atoms with Crippen LogP contribution in [0.4, 0.5) is 0 Å². The predicted octanol–water partition coefficient (Wildman–Crippen LogP) is 3.31. The number of hydrogen-bond acceptors (Lipinski definition) is 0. The number of hydrogen-bond donors (Lipinski definition) is 0. The van der Waals surface area contributed by atoms with E-state index in [2.05, 4.69) is 31.4 Å². The zero-order valence-electron chi connectivity index (χ0n) is 7.36. The van der Waals surface area contributed by atoms with Crippen LogP contribution in [0.15, 0.2) is 23.1 Å². The molecule has 0 aromatic heterocycles. The Hall–Kier alpha value is -0.700. The molecule has 0 heteroatoms. The van der Waals surface area contributed by atoms with Crippen LogP contribution in [0.5, 0.6) is 0 Å². The van der Waals surface area contributed by atoms with Crippen LogP contribution in [0, 0.1) is 5.92 Å². The van der Waals surface area contributed by atoms with Gasteiger partial charge in [-0.05, 0) is 37.8 Å². The topological polar surface area (TPSA) is 0 Å². The fraction of sp³-hybridized carbons (Fsp3) is 0.600. The first-order valence-corrected chi connectivity index (χ1v) is 3.81. The van der Waals surface area contributed by atoms with Gasteiger partial charge >= 0.3 is 0 Å². The molecule has 0 radical (unpaired) electrons. The van der Waals surface area contributed by atoms with Gasteiger partial charge in [0.2, 0.25) is 0 Å². The second kappa shape index (κ2) is 5.11. The minimum absolute atomic E-state index is 0.631. The van der Waals surface area contributed by atoms with Crippen LogP contribution in [0.25, 0.3) is 0 Å². The second-order valence-electron chi connectivity index (χ2n) is 2.82. The van der Waals surface area contributed by atoms with Crippen molar-refractivity contribution in [1.82, 2.24) is 0 Å². The Morgan fingerprint density at radius 1 is 1.50 bits per heavy atom. The van der Waals surface area contributed by atoms with Crippen molar-refractivity contribution in [3.05, 3.63) is 23.1 Å². The van der Waals surface area contributed by atoms with E-state index in [1.807, 2.05) is 13.8 Å². The van der Waals surface area contributed by atoms with Crippen molar-refractivity contribution in [3.8, 4) is 0 Å². The molecule has 1 unspecified atom stereocenters. The molecule has 0 rings (SSSR count). The van der Waals surface area contributed by atoms with Gasteiger partial charge < -0.3 is 0 Å². The van der Waals surface area contributed by atoms with Gasteiger partial charge in [-0.3, -0.25) is 0 Å². The van der Waals surface area contributed by atoms with Crippen molar-refractivity contribution < 1.29 is 0 Å². The molecule has 0 heterocycles. The maximum Gasteiger partial charge on any atom is -0.0182 e.